The summed E-state index contributed by atoms with van der Waals surface area (Å²) in [5.41, 5.74) is 1.95. The number of para-hydroxylation sites is 1. The number of amides is 2. The van der Waals surface area contributed by atoms with Crippen LogP contribution >= 0.6 is 0 Å². The number of H-pyrrole nitrogens is 1. The molecular formula is C20H20N4O2. The molecule has 26 heavy (non-hydrogen) atoms. The van der Waals surface area contributed by atoms with Gasteiger partial charge in [-0.15, -0.1) is 0 Å². The molecule has 0 aliphatic carbocycles. The van der Waals surface area contributed by atoms with Gasteiger partial charge in [0.1, 0.15) is 0 Å². The first-order chi connectivity index (χ1) is 12.6. The molecule has 3 aromatic rings. The second-order valence-corrected chi connectivity index (χ2v) is 6.68. The molecule has 1 aliphatic rings. The van der Waals surface area contributed by atoms with Crippen LogP contribution in [0.5, 0.6) is 0 Å². The maximum absolute atomic E-state index is 12.8. The lowest BCUT2D eigenvalue weighted by molar-refractivity contribution is -0.135. The van der Waals surface area contributed by atoms with E-state index in [1.165, 1.54) is 0 Å². The van der Waals surface area contributed by atoms with E-state index in [4.69, 9.17) is 0 Å². The summed E-state index contributed by atoms with van der Waals surface area (Å²) < 4.78 is 0. The van der Waals surface area contributed by atoms with Gasteiger partial charge in [0, 0.05) is 31.9 Å². The van der Waals surface area contributed by atoms with Crippen LogP contribution in [0.1, 0.15) is 12.0 Å². The van der Waals surface area contributed by atoms with Crippen molar-refractivity contribution in [3.8, 4) is 0 Å². The van der Waals surface area contributed by atoms with Gasteiger partial charge in [-0.25, -0.2) is 0 Å². The van der Waals surface area contributed by atoms with Crippen LogP contribution in [0.4, 0.5) is 5.82 Å². The van der Waals surface area contributed by atoms with Crippen molar-refractivity contribution in [2.75, 3.05) is 18.5 Å². The predicted octanol–water partition coefficient (Wildman–Crippen LogP) is 2.57. The molecule has 1 aromatic heterocycles. The monoisotopic (exact) mass is 348 g/mol. The normalized spacial score (nSPS) is 17.0. The van der Waals surface area contributed by atoms with Gasteiger partial charge >= 0.3 is 0 Å². The van der Waals surface area contributed by atoms with Crippen LogP contribution in [-0.2, 0) is 16.1 Å². The molecule has 2 heterocycles. The highest BCUT2D eigenvalue weighted by molar-refractivity contribution is 6.05. The molecule has 2 amide bonds. The molecule has 1 atom stereocenters. The Morgan fingerprint density at radius 1 is 1.19 bits per heavy atom. The van der Waals surface area contributed by atoms with E-state index >= 15 is 0 Å². The second-order valence-electron chi connectivity index (χ2n) is 6.68. The van der Waals surface area contributed by atoms with Gasteiger partial charge in [-0.05, 0) is 17.7 Å². The van der Waals surface area contributed by atoms with E-state index < -0.39 is 0 Å². The lowest BCUT2D eigenvalue weighted by Crippen LogP contribution is -2.34. The Bertz CT molecular complexity index is 951. The first kappa shape index (κ1) is 16.3. The molecule has 6 heteroatoms. The molecule has 0 spiro atoms. The molecule has 6 nitrogen and oxygen atoms in total. The second kappa shape index (κ2) is 6.63. The number of fused-ring (bicyclic) bond motifs is 1. The Balaban J connectivity index is 1.49. The SMILES string of the molecule is CN(Cc1ccccc1)C(=O)C1CC(=O)N(c2n[nH]c3ccccc23)C1. The number of rotatable bonds is 4. The average molecular weight is 348 g/mol. The number of carbonyl (C=O) groups excluding carboxylic acids is 2. The number of hydrogen-bond donors (Lipinski definition) is 1. The van der Waals surface area contributed by atoms with Crippen molar-refractivity contribution in [1.29, 1.82) is 0 Å². The van der Waals surface area contributed by atoms with Gasteiger partial charge in [0.05, 0.1) is 11.4 Å². The maximum atomic E-state index is 12.8. The summed E-state index contributed by atoms with van der Waals surface area (Å²) in [5.74, 6) is 0.191. The minimum atomic E-state index is -0.341. The topological polar surface area (TPSA) is 69.3 Å². The third-order valence-electron chi connectivity index (χ3n) is 4.82. The molecular weight excluding hydrogens is 328 g/mol. The standard InChI is InChI=1S/C20H20N4O2/c1-23(12-14-7-3-2-4-8-14)20(26)15-11-18(25)24(13-15)19-16-9-5-6-10-17(16)21-22-19/h2-10,15H,11-13H2,1H3,(H,21,22). The fraction of sp³-hybridized carbons (Fsp3) is 0.250. The zero-order chi connectivity index (χ0) is 18.1. The number of aromatic nitrogens is 2. The van der Waals surface area contributed by atoms with E-state index in [-0.39, 0.29) is 24.2 Å². The van der Waals surface area contributed by atoms with Gasteiger partial charge in [-0.1, -0.05) is 42.5 Å². The highest BCUT2D eigenvalue weighted by Gasteiger charge is 2.38. The molecule has 132 valence electrons. The van der Waals surface area contributed by atoms with Crippen LogP contribution in [0, 0.1) is 5.92 Å². The number of carbonyl (C=O) groups is 2. The summed E-state index contributed by atoms with van der Waals surface area (Å²) in [6.45, 7) is 0.904. The van der Waals surface area contributed by atoms with Crippen LogP contribution in [0.2, 0.25) is 0 Å². The van der Waals surface area contributed by atoms with Crippen molar-refractivity contribution in [3.05, 3.63) is 60.2 Å². The predicted molar refractivity (Wildman–Crippen MR) is 99.5 cm³/mol. The van der Waals surface area contributed by atoms with E-state index in [1.807, 2.05) is 54.6 Å². The summed E-state index contributed by atoms with van der Waals surface area (Å²) in [6.07, 6.45) is 0.221. The number of hydrogen-bond acceptors (Lipinski definition) is 3. The quantitative estimate of drug-likeness (QED) is 0.788. The highest BCUT2D eigenvalue weighted by atomic mass is 16.2. The van der Waals surface area contributed by atoms with E-state index in [9.17, 15) is 9.59 Å². The van der Waals surface area contributed by atoms with Crippen molar-refractivity contribution in [2.24, 2.45) is 5.92 Å². The molecule has 1 fully saturated rings. The van der Waals surface area contributed by atoms with E-state index in [2.05, 4.69) is 10.2 Å². The Labute approximate surface area is 151 Å². The minimum Gasteiger partial charge on any atom is -0.341 e. The zero-order valence-electron chi connectivity index (χ0n) is 14.6. The van der Waals surface area contributed by atoms with Crippen LogP contribution in [0.3, 0.4) is 0 Å². The molecule has 1 saturated heterocycles. The first-order valence-electron chi connectivity index (χ1n) is 8.66. The molecule has 1 aliphatic heterocycles. The Morgan fingerprint density at radius 2 is 1.92 bits per heavy atom. The van der Waals surface area contributed by atoms with Gasteiger partial charge in [0.15, 0.2) is 5.82 Å². The molecule has 0 bridgehead atoms. The van der Waals surface area contributed by atoms with Crippen molar-refractivity contribution in [3.63, 3.8) is 0 Å². The first-order valence-corrected chi connectivity index (χ1v) is 8.66. The Kier molecular flexibility index (Phi) is 4.16. The summed E-state index contributed by atoms with van der Waals surface area (Å²) >= 11 is 0. The van der Waals surface area contributed by atoms with Crippen LogP contribution in [0.15, 0.2) is 54.6 Å². The number of nitrogens with zero attached hydrogens (tertiary/aromatic N) is 3. The van der Waals surface area contributed by atoms with Gasteiger partial charge in [-0.3, -0.25) is 19.6 Å². The van der Waals surface area contributed by atoms with Crippen molar-refractivity contribution in [2.45, 2.75) is 13.0 Å². The van der Waals surface area contributed by atoms with Gasteiger partial charge < -0.3 is 4.90 Å². The van der Waals surface area contributed by atoms with Gasteiger partial charge in [0.25, 0.3) is 0 Å². The molecule has 4 rings (SSSR count). The summed E-state index contributed by atoms with van der Waals surface area (Å²) in [7, 11) is 1.78. The van der Waals surface area contributed by atoms with E-state index in [0.29, 0.717) is 18.9 Å². The third kappa shape index (κ3) is 2.94. The summed E-state index contributed by atoms with van der Waals surface area (Å²) in [5, 5.41) is 8.13. The zero-order valence-corrected chi connectivity index (χ0v) is 14.6. The number of benzene rings is 2. The molecule has 1 N–H and O–H groups in total. The smallest absolute Gasteiger partial charge is 0.229 e. The van der Waals surface area contributed by atoms with Gasteiger partial charge in [0.2, 0.25) is 11.8 Å². The maximum Gasteiger partial charge on any atom is 0.229 e. The lowest BCUT2D eigenvalue weighted by atomic mass is 10.1. The van der Waals surface area contributed by atoms with Gasteiger partial charge in [-0.2, -0.15) is 5.10 Å². The van der Waals surface area contributed by atoms with Crippen molar-refractivity contribution in [1.82, 2.24) is 15.1 Å². The Morgan fingerprint density at radius 3 is 2.73 bits per heavy atom. The summed E-state index contributed by atoms with van der Waals surface area (Å²) in [6, 6.07) is 17.5. The highest BCUT2D eigenvalue weighted by Crippen LogP contribution is 2.30. The largest absolute Gasteiger partial charge is 0.341 e. The fourth-order valence-corrected chi connectivity index (χ4v) is 3.48. The molecule has 2 aromatic carbocycles. The lowest BCUT2D eigenvalue weighted by Gasteiger charge is -2.21. The Hall–Kier alpha value is -3.15. The minimum absolute atomic E-state index is 0.00968. The van der Waals surface area contributed by atoms with Crippen molar-refractivity contribution >= 4 is 28.5 Å². The van der Waals surface area contributed by atoms with Crippen LogP contribution in [-0.4, -0.2) is 40.5 Å². The average Bonchev–Trinajstić information content (AvgIpc) is 3.25. The molecule has 0 saturated carbocycles. The fourth-order valence-electron chi connectivity index (χ4n) is 3.48. The number of aromatic amines is 1. The van der Waals surface area contributed by atoms with Crippen LogP contribution < -0.4 is 4.90 Å². The third-order valence-corrected chi connectivity index (χ3v) is 4.82. The van der Waals surface area contributed by atoms with Crippen LogP contribution in [0.25, 0.3) is 10.9 Å². The van der Waals surface area contributed by atoms with E-state index in [1.54, 1.807) is 16.8 Å². The van der Waals surface area contributed by atoms with E-state index in [0.717, 1.165) is 16.5 Å². The van der Waals surface area contributed by atoms with Crippen molar-refractivity contribution < 1.29 is 9.59 Å². The number of anilines is 1. The molecule has 1 unspecified atom stereocenters. The number of nitrogens with one attached hydrogen (secondary N) is 1. The summed E-state index contributed by atoms with van der Waals surface area (Å²) in [4.78, 5) is 28.6. The molecule has 0 radical (unpaired) electrons.